The normalized spacial score (nSPS) is 23.4. The molecular weight excluding hydrogens is 408 g/mol. The molecule has 3 aromatic rings. The third-order valence-electron chi connectivity index (χ3n) is 7.85. The summed E-state index contributed by atoms with van der Waals surface area (Å²) in [6, 6.07) is 25.5. The van der Waals surface area contributed by atoms with Crippen molar-refractivity contribution < 1.29 is 9.84 Å². The summed E-state index contributed by atoms with van der Waals surface area (Å²) in [6.07, 6.45) is 2.07. The van der Waals surface area contributed by atoms with Crippen LogP contribution in [0.1, 0.15) is 40.5 Å². The number of ether oxygens (including phenoxy) is 1. The van der Waals surface area contributed by atoms with Gasteiger partial charge in [-0.1, -0.05) is 48.5 Å². The van der Waals surface area contributed by atoms with Gasteiger partial charge in [0.05, 0.1) is 0 Å². The second kappa shape index (κ2) is 8.51. The van der Waals surface area contributed by atoms with Crippen LogP contribution in [0.15, 0.2) is 72.8 Å². The van der Waals surface area contributed by atoms with Crippen LogP contribution in [0.5, 0.6) is 11.5 Å². The average molecular weight is 441 g/mol. The number of aromatic hydroxyl groups is 1. The zero-order chi connectivity index (χ0) is 22.3. The first-order chi connectivity index (χ1) is 16.2. The van der Waals surface area contributed by atoms with Crippen molar-refractivity contribution in [3.8, 4) is 11.5 Å². The van der Waals surface area contributed by atoms with Gasteiger partial charge in [0.15, 0.2) is 0 Å². The van der Waals surface area contributed by atoms with Crippen LogP contribution in [0, 0.1) is 5.41 Å². The largest absolute Gasteiger partial charge is 0.508 e. The van der Waals surface area contributed by atoms with Crippen molar-refractivity contribution in [2.24, 2.45) is 5.41 Å². The van der Waals surface area contributed by atoms with Gasteiger partial charge in [0.25, 0.3) is 0 Å². The molecule has 0 amide bonds. The summed E-state index contributed by atoms with van der Waals surface area (Å²) in [7, 11) is 0. The summed E-state index contributed by atoms with van der Waals surface area (Å²) in [5.41, 5.74) is 5.87. The molecule has 3 aliphatic rings. The van der Waals surface area contributed by atoms with Crippen LogP contribution in [0.2, 0.25) is 0 Å². The lowest BCUT2D eigenvalue weighted by molar-refractivity contribution is -0.0440. The van der Waals surface area contributed by atoms with Crippen molar-refractivity contribution in [1.82, 2.24) is 10.2 Å². The van der Waals surface area contributed by atoms with Crippen molar-refractivity contribution in [2.45, 2.75) is 24.7 Å². The van der Waals surface area contributed by atoms with Gasteiger partial charge in [-0.25, -0.2) is 0 Å². The Morgan fingerprint density at radius 1 is 0.939 bits per heavy atom. The van der Waals surface area contributed by atoms with E-state index in [2.05, 4.69) is 70.9 Å². The summed E-state index contributed by atoms with van der Waals surface area (Å²) in [4.78, 5) is 2.49. The molecule has 4 heteroatoms. The first-order valence-electron chi connectivity index (χ1n) is 12.2. The fourth-order valence-electron chi connectivity index (χ4n) is 6.10. The van der Waals surface area contributed by atoms with Crippen LogP contribution in [-0.2, 0) is 6.42 Å². The minimum atomic E-state index is 0.277. The molecule has 0 saturated carbocycles. The Labute approximate surface area is 196 Å². The van der Waals surface area contributed by atoms with Gasteiger partial charge in [-0.15, -0.1) is 0 Å². The highest BCUT2D eigenvalue weighted by Crippen LogP contribution is 2.47. The topological polar surface area (TPSA) is 44.7 Å². The minimum Gasteiger partial charge on any atom is -0.508 e. The van der Waals surface area contributed by atoms with Gasteiger partial charge >= 0.3 is 0 Å². The van der Waals surface area contributed by atoms with E-state index in [0.29, 0.717) is 17.1 Å². The van der Waals surface area contributed by atoms with E-state index < -0.39 is 0 Å². The van der Waals surface area contributed by atoms with E-state index in [1.165, 1.54) is 48.4 Å². The quantitative estimate of drug-likeness (QED) is 0.591. The lowest BCUT2D eigenvalue weighted by Crippen LogP contribution is -2.71. The zero-order valence-electron chi connectivity index (χ0n) is 19.0. The SMILES string of the molecule is Oc1ccc2c(c1)CC[C@H](c1ccccc1)[C@@H]2c1ccc(OCCN2CC3(CNC3)C2)cc1. The smallest absolute Gasteiger partial charge is 0.119 e. The van der Waals surface area contributed by atoms with Gasteiger partial charge in [-0.2, -0.15) is 0 Å². The van der Waals surface area contributed by atoms with E-state index in [1.54, 1.807) is 0 Å². The van der Waals surface area contributed by atoms with Crippen LogP contribution in [0.25, 0.3) is 0 Å². The van der Waals surface area contributed by atoms with Crippen molar-refractivity contribution in [3.63, 3.8) is 0 Å². The van der Waals surface area contributed by atoms with Crippen LogP contribution < -0.4 is 10.1 Å². The van der Waals surface area contributed by atoms with Crippen molar-refractivity contribution in [2.75, 3.05) is 39.3 Å². The average Bonchev–Trinajstić information content (AvgIpc) is 2.79. The summed E-state index contributed by atoms with van der Waals surface area (Å²) in [5.74, 6) is 2.00. The number of aryl methyl sites for hydroxylation is 1. The first-order valence-corrected chi connectivity index (χ1v) is 12.2. The number of nitrogens with one attached hydrogen (secondary N) is 1. The second-order valence-electron chi connectivity index (χ2n) is 10.1. The third kappa shape index (κ3) is 4.03. The lowest BCUT2D eigenvalue weighted by atomic mass is 9.69. The van der Waals surface area contributed by atoms with Gasteiger partial charge in [0, 0.05) is 44.1 Å². The maximum Gasteiger partial charge on any atom is 0.119 e. The number of phenolic OH excluding ortho intramolecular Hbond substituents is 1. The molecule has 0 aromatic heterocycles. The maximum absolute atomic E-state index is 10.0. The Morgan fingerprint density at radius 3 is 2.45 bits per heavy atom. The van der Waals surface area contributed by atoms with Crippen molar-refractivity contribution >= 4 is 0 Å². The van der Waals surface area contributed by atoms with Gasteiger partial charge < -0.3 is 15.2 Å². The van der Waals surface area contributed by atoms with Crippen LogP contribution in [0.3, 0.4) is 0 Å². The molecule has 2 fully saturated rings. The molecule has 2 atom stereocenters. The number of likely N-dealkylation sites (tertiary alicyclic amines) is 1. The molecule has 0 bridgehead atoms. The number of benzene rings is 3. The fraction of sp³-hybridized carbons (Fsp3) is 0.379. The number of fused-ring (bicyclic) bond motifs is 1. The van der Waals surface area contributed by atoms with Gasteiger partial charge in [0.2, 0.25) is 0 Å². The number of hydrogen-bond acceptors (Lipinski definition) is 4. The number of phenols is 1. The molecule has 0 radical (unpaired) electrons. The Bertz CT molecular complexity index is 1100. The Morgan fingerprint density at radius 2 is 1.73 bits per heavy atom. The molecule has 2 saturated heterocycles. The van der Waals surface area contributed by atoms with E-state index in [4.69, 9.17) is 4.74 Å². The Hall–Kier alpha value is -2.82. The van der Waals surface area contributed by atoms with E-state index in [0.717, 1.165) is 31.7 Å². The molecule has 2 heterocycles. The van der Waals surface area contributed by atoms with E-state index in [1.807, 2.05) is 12.1 Å². The highest BCUT2D eigenvalue weighted by atomic mass is 16.5. The second-order valence-corrected chi connectivity index (χ2v) is 10.1. The maximum atomic E-state index is 10.0. The van der Waals surface area contributed by atoms with Gasteiger partial charge in [-0.05, 0) is 65.3 Å². The number of rotatable bonds is 6. The highest BCUT2D eigenvalue weighted by molar-refractivity contribution is 5.48. The standard InChI is InChI=1S/C29H32N2O2/c32-24-9-13-27-23(16-24)8-12-26(21-4-2-1-3-5-21)28(27)22-6-10-25(11-7-22)33-15-14-31-19-29(20-31)17-30-18-29/h1-7,9-11,13,16,26,28,30,32H,8,12,14-15,17-20H2/t26-,28+/m1/s1. The molecule has 0 unspecified atom stereocenters. The molecular formula is C29H32N2O2. The predicted molar refractivity (Wildman–Crippen MR) is 131 cm³/mol. The molecule has 1 spiro atoms. The summed E-state index contributed by atoms with van der Waals surface area (Å²) < 4.78 is 6.08. The Balaban J connectivity index is 1.18. The lowest BCUT2D eigenvalue weighted by Gasteiger charge is -2.56. The molecule has 1 aliphatic carbocycles. The highest BCUT2D eigenvalue weighted by Gasteiger charge is 2.46. The molecule has 6 rings (SSSR count). The molecule has 33 heavy (non-hydrogen) atoms. The molecule has 2 aliphatic heterocycles. The number of nitrogens with zero attached hydrogens (tertiary/aromatic N) is 1. The van der Waals surface area contributed by atoms with Gasteiger partial charge in [-0.3, -0.25) is 4.90 Å². The zero-order valence-corrected chi connectivity index (χ0v) is 19.0. The molecule has 3 aromatic carbocycles. The molecule has 170 valence electrons. The van der Waals surface area contributed by atoms with E-state index in [9.17, 15) is 5.11 Å². The van der Waals surface area contributed by atoms with Crippen molar-refractivity contribution in [1.29, 1.82) is 0 Å². The van der Waals surface area contributed by atoms with Crippen molar-refractivity contribution in [3.05, 3.63) is 95.1 Å². The van der Waals surface area contributed by atoms with Gasteiger partial charge in [0.1, 0.15) is 18.1 Å². The van der Waals surface area contributed by atoms with E-state index >= 15 is 0 Å². The molecule has 2 N–H and O–H groups in total. The van der Waals surface area contributed by atoms with Crippen LogP contribution >= 0.6 is 0 Å². The number of hydrogen-bond donors (Lipinski definition) is 2. The molecule has 4 nitrogen and oxygen atoms in total. The van der Waals surface area contributed by atoms with Crippen LogP contribution in [0.4, 0.5) is 0 Å². The third-order valence-corrected chi connectivity index (χ3v) is 7.85. The summed E-state index contributed by atoms with van der Waals surface area (Å²) in [5, 5.41) is 13.4. The minimum absolute atomic E-state index is 0.277. The summed E-state index contributed by atoms with van der Waals surface area (Å²) >= 11 is 0. The Kier molecular flexibility index (Phi) is 5.35. The summed E-state index contributed by atoms with van der Waals surface area (Å²) in [6.45, 7) is 6.51. The predicted octanol–water partition coefficient (Wildman–Crippen LogP) is 4.54. The van der Waals surface area contributed by atoms with Crippen LogP contribution in [-0.4, -0.2) is 49.3 Å². The van der Waals surface area contributed by atoms with E-state index in [-0.39, 0.29) is 5.92 Å². The fourth-order valence-corrected chi connectivity index (χ4v) is 6.10. The monoisotopic (exact) mass is 440 g/mol. The first kappa shape index (κ1) is 20.8.